The van der Waals surface area contributed by atoms with Gasteiger partial charge in [0.15, 0.2) is 5.78 Å². The Morgan fingerprint density at radius 1 is 1.29 bits per heavy atom. The van der Waals surface area contributed by atoms with Gasteiger partial charge in [0, 0.05) is 17.0 Å². The normalized spacial score (nSPS) is 18.4. The third-order valence-corrected chi connectivity index (χ3v) is 2.64. The van der Waals surface area contributed by atoms with Gasteiger partial charge in [-0.3, -0.25) is 4.79 Å². The molecule has 0 aliphatic heterocycles. The molecular formula is C11H10F2O. The van der Waals surface area contributed by atoms with E-state index in [9.17, 15) is 13.6 Å². The molecule has 1 aromatic carbocycles. The quantitative estimate of drug-likeness (QED) is 0.623. The summed E-state index contributed by atoms with van der Waals surface area (Å²) in [5.74, 6) is -1.47. The highest BCUT2D eigenvalue weighted by Gasteiger charge is 2.39. The Morgan fingerprint density at radius 2 is 1.93 bits per heavy atom. The molecule has 0 radical (unpaired) electrons. The van der Waals surface area contributed by atoms with E-state index in [1.54, 1.807) is 13.8 Å². The van der Waals surface area contributed by atoms with Crippen LogP contribution in [0, 0.1) is 17.0 Å². The summed E-state index contributed by atoms with van der Waals surface area (Å²) in [5.41, 5.74) is -0.0503. The fourth-order valence-corrected chi connectivity index (χ4v) is 1.87. The maximum absolute atomic E-state index is 13.3. The summed E-state index contributed by atoms with van der Waals surface area (Å²) < 4.78 is 26.1. The Labute approximate surface area is 80.7 Å². The molecule has 0 saturated carbocycles. The van der Waals surface area contributed by atoms with Crippen molar-refractivity contribution >= 4 is 5.78 Å². The Balaban J connectivity index is 2.65. The summed E-state index contributed by atoms with van der Waals surface area (Å²) in [4.78, 5) is 11.7. The molecule has 1 nitrogen and oxygen atoms in total. The summed E-state index contributed by atoms with van der Waals surface area (Å²) in [6, 6.07) is 1.95. The molecular weight excluding hydrogens is 186 g/mol. The monoisotopic (exact) mass is 196 g/mol. The minimum absolute atomic E-state index is 0.175. The first kappa shape index (κ1) is 9.31. The highest BCUT2D eigenvalue weighted by Crippen LogP contribution is 2.37. The van der Waals surface area contributed by atoms with Crippen LogP contribution in [0.15, 0.2) is 12.1 Å². The average Bonchev–Trinajstić information content (AvgIpc) is 2.28. The minimum atomic E-state index is -0.688. The zero-order valence-corrected chi connectivity index (χ0v) is 8.03. The molecule has 1 aromatic rings. The second-order valence-corrected chi connectivity index (χ2v) is 4.30. The number of hydrogen-bond acceptors (Lipinski definition) is 1. The minimum Gasteiger partial charge on any atom is -0.294 e. The fraction of sp³-hybridized carbons (Fsp3) is 0.364. The lowest BCUT2D eigenvalue weighted by Gasteiger charge is -2.12. The molecule has 0 N–H and O–H groups in total. The van der Waals surface area contributed by atoms with Crippen molar-refractivity contribution in [3.8, 4) is 0 Å². The molecule has 0 aromatic heterocycles. The molecule has 3 heteroatoms. The number of benzene rings is 1. The Kier molecular flexibility index (Phi) is 1.74. The van der Waals surface area contributed by atoms with Gasteiger partial charge in [-0.1, -0.05) is 13.8 Å². The number of fused-ring (bicyclic) bond motifs is 1. The standard InChI is InChI=1S/C11H10F2O/c1-11(2)5-8-7(10(11)14)3-6(12)4-9(8)13/h3-4H,5H2,1-2H3. The zero-order chi connectivity index (χ0) is 10.5. The molecule has 0 fully saturated rings. The van der Waals surface area contributed by atoms with Crippen LogP contribution in [0.3, 0.4) is 0 Å². The molecule has 0 atom stereocenters. The topological polar surface area (TPSA) is 17.1 Å². The molecule has 0 spiro atoms. The highest BCUT2D eigenvalue weighted by molar-refractivity contribution is 6.04. The maximum atomic E-state index is 13.3. The van der Waals surface area contributed by atoms with Crippen LogP contribution < -0.4 is 0 Å². The number of halogens is 2. The van der Waals surface area contributed by atoms with Crippen LogP contribution in [0.25, 0.3) is 0 Å². The average molecular weight is 196 g/mol. The Bertz CT molecular complexity index is 422. The molecule has 1 aliphatic rings. The predicted octanol–water partition coefficient (Wildman–Crippen LogP) is 2.73. The highest BCUT2D eigenvalue weighted by atomic mass is 19.1. The van der Waals surface area contributed by atoms with E-state index in [1.807, 2.05) is 0 Å². The lowest BCUT2D eigenvalue weighted by molar-refractivity contribution is 0.0863. The number of rotatable bonds is 0. The number of Topliss-reactive ketones (excluding diaryl/α,β-unsaturated/α-hetero) is 1. The summed E-state index contributed by atoms with van der Waals surface area (Å²) in [6.45, 7) is 3.49. The number of ketones is 1. The van der Waals surface area contributed by atoms with Crippen molar-refractivity contribution in [2.45, 2.75) is 20.3 Å². The molecule has 14 heavy (non-hydrogen) atoms. The first-order chi connectivity index (χ1) is 6.42. The van der Waals surface area contributed by atoms with Gasteiger partial charge in [0.05, 0.1) is 0 Å². The predicted molar refractivity (Wildman–Crippen MR) is 48.2 cm³/mol. The van der Waals surface area contributed by atoms with Gasteiger partial charge in [0.1, 0.15) is 11.6 Å². The molecule has 0 unspecified atom stereocenters. The maximum Gasteiger partial charge on any atom is 0.169 e. The van der Waals surface area contributed by atoms with Gasteiger partial charge in [-0.05, 0) is 18.1 Å². The van der Waals surface area contributed by atoms with Crippen LogP contribution >= 0.6 is 0 Å². The third kappa shape index (κ3) is 1.15. The van der Waals surface area contributed by atoms with Crippen molar-refractivity contribution in [1.82, 2.24) is 0 Å². The smallest absolute Gasteiger partial charge is 0.169 e. The van der Waals surface area contributed by atoms with E-state index >= 15 is 0 Å². The van der Waals surface area contributed by atoms with E-state index in [4.69, 9.17) is 0 Å². The molecule has 0 amide bonds. The van der Waals surface area contributed by atoms with Gasteiger partial charge in [0.2, 0.25) is 0 Å². The first-order valence-electron chi connectivity index (χ1n) is 4.44. The largest absolute Gasteiger partial charge is 0.294 e. The molecule has 1 aliphatic carbocycles. The number of hydrogen-bond donors (Lipinski definition) is 0. The van der Waals surface area contributed by atoms with E-state index in [0.717, 1.165) is 12.1 Å². The third-order valence-electron chi connectivity index (χ3n) is 2.64. The molecule has 0 bridgehead atoms. The van der Waals surface area contributed by atoms with Crippen molar-refractivity contribution < 1.29 is 13.6 Å². The summed E-state index contributed by atoms with van der Waals surface area (Å²) >= 11 is 0. The van der Waals surface area contributed by atoms with Gasteiger partial charge in [-0.15, -0.1) is 0 Å². The van der Waals surface area contributed by atoms with Crippen molar-refractivity contribution in [3.05, 3.63) is 34.9 Å². The summed E-state index contributed by atoms with van der Waals surface area (Å²) in [5, 5.41) is 0. The van der Waals surface area contributed by atoms with E-state index in [1.165, 1.54) is 0 Å². The second-order valence-electron chi connectivity index (χ2n) is 4.30. The molecule has 74 valence electrons. The molecule has 0 saturated heterocycles. The van der Waals surface area contributed by atoms with Crippen LogP contribution in [0.2, 0.25) is 0 Å². The van der Waals surface area contributed by atoms with E-state index < -0.39 is 17.0 Å². The van der Waals surface area contributed by atoms with Gasteiger partial charge < -0.3 is 0 Å². The zero-order valence-electron chi connectivity index (χ0n) is 8.03. The van der Waals surface area contributed by atoms with Crippen molar-refractivity contribution in [3.63, 3.8) is 0 Å². The van der Waals surface area contributed by atoms with Gasteiger partial charge >= 0.3 is 0 Å². The number of carbonyl (C=O) groups excluding carboxylic acids is 1. The Morgan fingerprint density at radius 3 is 2.57 bits per heavy atom. The summed E-state index contributed by atoms with van der Waals surface area (Å²) in [6.07, 6.45) is 0.354. The first-order valence-corrected chi connectivity index (χ1v) is 4.44. The number of carbonyl (C=O) groups is 1. The lowest BCUT2D eigenvalue weighted by Crippen LogP contribution is -2.18. The SMILES string of the molecule is CC1(C)Cc2c(F)cc(F)cc2C1=O. The van der Waals surface area contributed by atoms with Gasteiger partial charge in [-0.2, -0.15) is 0 Å². The lowest BCUT2D eigenvalue weighted by atomic mass is 9.89. The van der Waals surface area contributed by atoms with Crippen molar-refractivity contribution in [2.24, 2.45) is 5.41 Å². The summed E-state index contributed by atoms with van der Waals surface area (Å²) in [7, 11) is 0. The van der Waals surface area contributed by atoms with E-state index in [-0.39, 0.29) is 11.3 Å². The molecule has 0 heterocycles. The Hall–Kier alpha value is -1.25. The van der Waals surface area contributed by atoms with Crippen molar-refractivity contribution in [2.75, 3.05) is 0 Å². The fourth-order valence-electron chi connectivity index (χ4n) is 1.87. The van der Waals surface area contributed by atoms with Crippen LogP contribution in [-0.4, -0.2) is 5.78 Å². The van der Waals surface area contributed by atoms with Crippen LogP contribution in [0.5, 0.6) is 0 Å². The van der Waals surface area contributed by atoms with Gasteiger partial charge in [-0.25, -0.2) is 8.78 Å². The van der Waals surface area contributed by atoms with E-state index in [2.05, 4.69) is 0 Å². The van der Waals surface area contributed by atoms with Crippen molar-refractivity contribution in [1.29, 1.82) is 0 Å². The second kappa shape index (κ2) is 2.62. The van der Waals surface area contributed by atoms with Crippen LogP contribution in [0.1, 0.15) is 29.8 Å². The van der Waals surface area contributed by atoms with Crippen LogP contribution in [-0.2, 0) is 6.42 Å². The molecule has 2 rings (SSSR count). The van der Waals surface area contributed by atoms with Gasteiger partial charge in [0.25, 0.3) is 0 Å². The van der Waals surface area contributed by atoms with Crippen LogP contribution in [0.4, 0.5) is 8.78 Å². The van der Waals surface area contributed by atoms with E-state index in [0.29, 0.717) is 12.0 Å².